The third-order valence-electron chi connectivity index (χ3n) is 3.38. The topological polar surface area (TPSA) is 67.6 Å². The van der Waals surface area contributed by atoms with Crippen molar-refractivity contribution in [3.8, 4) is 17.1 Å². The first-order valence-corrected chi connectivity index (χ1v) is 7.43. The summed E-state index contributed by atoms with van der Waals surface area (Å²) >= 11 is 0. The summed E-state index contributed by atoms with van der Waals surface area (Å²) in [5.74, 6) is -0.367. The second-order valence-electron chi connectivity index (χ2n) is 5.14. The number of alkyl halides is 3. The van der Waals surface area contributed by atoms with Gasteiger partial charge in [-0.1, -0.05) is 17.3 Å². The first-order valence-electron chi connectivity index (χ1n) is 7.43. The molecule has 0 saturated carbocycles. The predicted octanol–water partition coefficient (Wildman–Crippen LogP) is 4.27. The molecule has 0 fully saturated rings. The quantitative estimate of drug-likeness (QED) is 0.429. The van der Waals surface area contributed by atoms with Crippen molar-refractivity contribution in [2.75, 3.05) is 0 Å². The zero-order valence-corrected chi connectivity index (χ0v) is 13.2. The van der Waals surface area contributed by atoms with Gasteiger partial charge < -0.3 is 9.94 Å². The van der Waals surface area contributed by atoms with E-state index in [4.69, 9.17) is 0 Å². The van der Waals surface area contributed by atoms with Crippen LogP contribution in [0.25, 0.3) is 11.4 Å². The van der Waals surface area contributed by atoms with Crippen LogP contribution in [-0.2, 0) is 0 Å². The largest absolute Gasteiger partial charge is 0.573 e. The van der Waals surface area contributed by atoms with Gasteiger partial charge in [-0.25, -0.2) is 4.98 Å². The van der Waals surface area contributed by atoms with E-state index in [1.165, 1.54) is 12.1 Å². The standard InChI is InChI=1S/C18H12F3N3O2/c19-18(20,21)26-13-9-7-12(8-10-13)17(24-25)16-6-3-5-15(23-16)14-4-1-2-11-22-14/h1-11,25H/b24-17-. The lowest BCUT2D eigenvalue weighted by Crippen LogP contribution is -2.17. The maximum atomic E-state index is 12.2. The van der Waals surface area contributed by atoms with Gasteiger partial charge in [0.05, 0.1) is 17.1 Å². The highest BCUT2D eigenvalue weighted by molar-refractivity contribution is 6.11. The Morgan fingerprint density at radius 1 is 0.923 bits per heavy atom. The molecule has 0 saturated heterocycles. The van der Waals surface area contributed by atoms with E-state index in [0.29, 0.717) is 22.6 Å². The van der Waals surface area contributed by atoms with Crippen molar-refractivity contribution in [3.05, 3.63) is 78.1 Å². The van der Waals surface area contributed by atoms with Gasteiger partial charge in [0.1, 0.15) is 11.5 Å². The minimum atomic E-state index is -4.77. The molecule has 0 aliphatic rings. The summed E-state index contributed by atoms with van der Waals surface area (Å²) in [6.45, 7) is 0. The lowest BCUT2D eigenvalue weighted by Gasteiger charge is -2.10. The second kappa shape index (κ2) is 7.22. The number of benzene rings is 1. The Balaban J connectivity index is 1.90. The highest BCUT2D eigenvalue weighted by atomic mass is 19.4. The Bertz CT molecular complexity index is 911. The molecule has 0 aliphatic heterocycles. The molecule has 0 aliphatic carbocycles. The average Bonchev–Trinajstić information content (AvgIpc) is 2.64. The van der Waals surface area contributed by atoms with Gasteiger partial charge in [0.25, 0.3) is 0 Å². The number of rotatable bonds is 4. The monoisotopic (exact) mass is 359 g/mol. The van der Waals surface area contributed by atoms with Gasteiger partial charge in [-0.05, 0) is 48.5 Å². The molecule has 2 heterocycles. The molecule has 26 heavy (non-hydrogen) atoms. The molecule has 132 valence electrons. The van der Waals surface area contributed by atoms with Crippen LogP contribution in [0.3, 0.4) is 0 Å². The average molecular weight is 359 g/mol. The molecule has 2 aromatic heterocycles. The first kappa shape index (κ1) is 17.4. The van der Waals surface area contributed by atoms with E-state index in [0.717, 1.165) is 12.1 Å². The molecule has 0 radical (unpaired) electrons. The molecule has 3 rings (SSSR count). The first-order chi connectivity index (χ1) is 12.5. The Kier molecular flexibility index (Phi) is 4.83. The van der Waals surface area contributed by atoms with Crippen LogP contribution in [0.15, 0.2) is 72.0 Å². The lowest BCUT2D eigenvalue weighted by atomic mass is 10.1. The molecule has 0 spiro atoms. The van der Waals surface area contributed by atoms with E-state index in [1.807, 2.05) is 6.07 Å². The molecule has 1 N–H and O–H groups in total. The number of ether oxygens (including phenoxy) is 1. The van der Waals surface area contributed by atoms with Gasteiger partial charge in [-0.3, -0.25) is 4.98 Å². The number of halogens is 3. The predicted molar refractivity (Wildman–Crippen MR) is 88.0 cm³/mol. The summed E-state index contributed by atoms with van der Waals surface area (Å²) < 4.78 is 40.5. The number of pyridine rings is 2. The van der Waals surface area contributed by atoms with Gasteiger partial charge in [0.2, 0.25) is 0 Å². The summed E-state index contributed by atoms with van der Waals surface area (Å²) in [6, 6.07) is 15.5. The van der Waals surface area contributed by atoms with E-state index >= 15 is 0 Å². The molecule has 8 heteroatoms. The molecule has 3 aromatic rings. The van der Waals surface area contributed by atoms with Crippen molar-refractivity contribution >= 4 is 5.71 Å². The Hall–Kier alpha value is -3.42. The van der Waals surface area contributed by atoms with Crippen LogP contribution in [0.1, 0.15) is 11.3 Å². The highest BCUT2D eigenvalue weighted by Crippen LogP contribution is 2.24. The SMILES string of the molecule is O/N=C(/c1ccc(OC(F)(F)F)cc1)c1cccc(-c2ccccn2)n1. The van der Waals surface area contributed by atoms with Gasteiger partial charge in [0.15, 0.2) is 0 Å². The Morgan fingerprint density at radius 2 is 1.65 bits per heavy atom. The second-order valence-corrected chi connectivity index (χ2v) is 5.14. The summed E-state index contributed by atoms with van der Waals surface area (Å²) in [4.78, 5) is 8.61. The van der Waals surface area contributed by atoms with Gasteiger partial charge in [-0.2, -0.15) is 0 Å². The Labute approximate surface area is 146 Å². The maximum absolute atomic E-state index is 12.2. The fourth-order valence-electron chi connectivity index (χ4n) is 2.29. The fraction of sp³-hybridized carbons (Fsp3) is 0.0556. The summed E-state index contributed by atoms with van der Waals surface area (Å²) in [5, 5.41) is 12.6. The molecule has 0 unspecified atom stereocenters. The molecule has 1 aromatic carbocycles. The van der Waals surface area contributed by atoms with Crippen LogP contribution in [0.4, 0.5) is 13.2 Å². The molecule has 0 amide bonds. The minimum absolute atomic E-state index is 0.112. The molecular formula is C18H12F3N3O2. The lowest BCUT2D eigenvalue weighted by molar-refractivity contribution is -0.274. The zero-order chi connectivity index (χ0) is 18.6. The summed E-state index contributed by atoms with van der Waals surface area (Å²) in [7, 11) is 0. The smallest absolute Gasteiger partial charge is 0.410 e. The van der Waals surface area contributed by atoms with Gasteiger partial charge in [-0.15, -0.1) is 13.2 Å². The van der Waals surface area contributed by atoms with Crippen LogP contribution in [0.5, 0.6) is 5.75 Å². The van der Waals surface area contributed by atoms with Gasteiger partial charge >= 0.3 is 6.36 Å². The zero-order valence-electron chi connectivity index (χ0n) is 13.2. The maximum Gasteiger partial charge on any atom is 0.573 e. The van der Waals surface area contributed by atoms with Gasteiger partial charge in [0, 0.05) is 11.8 Å². The van der Waals surface area contributed by atoms with Crippen molar-refractivity contribution in [1.29, 1.82) is 0 Å². The molecule has 0 bridgehead atoms. The number of aromatic nitrogens is 2. The van der Waals surface area contributed by atoms with Crippen LogP contribution >= 0.6 is 0 Å². The van der Waals surface area contributed by atoms with E-state index in [9.17, 15) is 18.4 Å². The molecule has 5 nitrogen and oxygen atoms in total. The normalized spacial score (nSPS) is 12.0. The van der Waals surface area contributed by atoms with Crippen molar-refractivity contribution in [2.45, 2.75) is 6.36 Å². The Morgan fingerprint density at radius 3 is 2.27 bits per heavy atom. The van der Waals surface area contributed by atoms with E-state index in [1.54, 1.807) is 36.5 Å². The van der Waals surface area contributed by atoms with Crippen molar-refractivity contribution in [3.63, 3.8) is 0 Å². The van der Waals surface area contributed by atoms with Crippen LogP contribution in [0.2, 0.25) is 0 Å². The molecule has 0 atom stereocenters. The third kappa shape index (κ3) is 4.15. The molecular weight excluding hydrogens is 347 g/mol. The van der Waals surface area contributed by atoms with Crippen molar-refractivity contribution in [2.24, 2.45) is 5.16 Å². The third-order valence-corrected chi connectivity index (χ3v) is 3.38. The van der Waals surface area contributed by atoms with E-state index in [-0.39, 0.29) is 11.5 Å². The van der Waals surface area contributed by atoms with E-state index < -0.39 is 6.36 Å². The number of hydrogen-bond donors (Lipinski definition) is 1. The van der Waals surface area contributed by atoms with E-state index in [2.05, 4.69) is 19.9 Å². The van der Waals surface area contributed by atoms with Crippen LogP contribution < -0.4 is 4.74 Å². The minimum Gasteiger partial charge on any atom is -0.410 e. The fourth-order valence-corrected chi connectivity index (χ4v) is 2.29. The highest BCUT2D eigenvalue weighted by Gasteiger charge is 2.31. The number of oxime groups is 1. The van der Waals surface area contributed by atoms with Crippen molar-refractivity contribution < 1.29 is 23.1 Å². The van der Waals surface area contributed by atoms with Crippen LogP contribution in [-0.4, -0.2) is 27.2 Å². The number of hydrogen-bond acceptors (Lipinski definition) is 5. The van der Waals surface area contributed by atoms with Crippen LogP contribution in [0, 0.1) is 0 Å². The summed E-state index contributed by atoms with van der Waals surface area (Å²) in [6.07, 6.45) is -3.14. The summed E-state index contributed by atoms with van der Waals surface area (Å²) in [5.41, 5.74) is 2.05. The van der Waals surface area contributed by atoms with Crippen molar-refractivity contribution in [1.82, 2.24) is 9.97 Å². The number of nitrogens with zero attached hydrogens (tertiary/aromatic N) is 3.